The quantitative estimate of drug-likeness (QED) is 0.849. The molecule has 0 amide bonds. The first-order valence-electron chi connectivity index (χ1n) is 8.12. The maximum Gasteiger partial charge on any atom is 0.0332 e. The van der Waals surface area contributed by atoms with E-state index in [-0.39, 0.29) is 5.54 Å². The highest BCUT2D eigenvalue weighted by Gasteiger charge is 2.38. The largest absolute Gasteiger partial charge is 0.329 e. The van der Waals surface area contributed by atoms with Crippen molar-refractivity contribution in [3.63, 3.8) is 0 Å². The van der Waals surface area contributed by atoms with Gasteiger partial charge in [-0.3, -0.25) is 4.90 Å². The summed E-state index contributed by atoms with van der Waals surface area (Å²) >= 11 is 3.56. The van der Waals surface area contributed by atoms with Crippen molar-refractivity contribution in [1.82, 2.24) is 4.90 Å². The molecule has 1 aromatic carbocycles. The molecule has 2 N–H and O–H groups in total. The van der Waals surface area contributed by atoms with Crippen molar-refractivity contribution in [2.45, 2.75) is 51.6 Å². The van der Waals surface area contributed by atoms with E-state index in [0.717, 1.165) is 29.4 Å². The van der Waals surface area contributed by atoms with Crippen LogP contribution < -0.4 is 5.73 Å². The summed E-state index contributed by atoms with van der Waals surface area (Å²) in [7, 11) is 2.24. The Balaban J connectivity index is 2.03. The second kappa shape index (κ2) is 7.26. The third kappa shape index (κ3) is 4.08. The Hall–Kier alpha value is -0.380. The van der Waals surface area contributed by atoms with E-state index in [1.165, 1.54) is 31.2 Å². The lowest BCUT2D eigenvalue weighted by Gasteiger charge is -2.47. The summed E-state index contributed by atoms with van der Waals surface area (Å²) in [5, 5.41) is 0. The summed E-state index contributed by atoms with van der Waals surface area (Å²) in [6.07, 6.45) is 5.10. The molecule has 0 aliphatic heterocycles. The average molecular weight is 353 g/mol. The minimum Gasteiger partial charge on any atom is -0.329 e. The van der Waals surface area contributed by atoms with Crippen LogP contribution in [0.2, 0.25) is 0 Å². The molecule has 0 heterocycles. The molecule has 118 valence electrons. The van der Waals surface area contributed by atoms with Crippen LogP contribution in [0.3, 0.4) is 0 Å². The second-order valence-electron chi connectivity index (χ2n) is 7.00. The summed E-state index contributed by atoms with van der Waals surface area (Å²) < 4.78 is 1.15. The molecular weight excluding hydrogens is 324 g/mol. The fourth-order valence-electron chi connectivity index (χ4n) is 3.66. The first-order valence-corrected chi connectivity index (χ1v) is 8.92. The van der Waals surface area contributed by atoms with E-state index in [4.69, 9.17) is 5.73 Å². The molecule has 0 spiro atoms. The van der Waals surface area contributed by atoms with Gasteiger partial charge in [0, 0.05) is 23.1 Å². The average Bonchev–Trinajstić information content (AvgIpc) is 2.47. The van der Waals surface area contributed by atoms with Crippen molar-refractivity contribution in [3.8, 4) is 0 Å². The zero-order valence-electron chi connectivity index (χ0n) is 13.6. The molecule has 1 aliphatic rings. The predicted octanol–water partition coefficient (Wildman–Crippen LogP) is 4.42. The van der Waals surface area contributed by atoms with Crippen LogP contribution in [0.5, 0.6) is 0 Å². The monoisotopic (exact) mass is 352 g/mol. The Kier molecular flexibility index (Phi) is 5.87. The fourth-order valence-corrected chi connectivity index (χ4v) is 4.11. The number of hydrogen-bond donors (Lipinski definition) is 1. The van der Waals surface area contributed by atoms with Crippen molar-refractivity contribution in [3.05, 3.63) is 34.3 Å². The maximum absolute atomic E-state index is 6.19. The molecule has 0 bridgehead atoms. The minimum atomic E-state index is 0.188. The SMILES string of the molecule is CC(C)C1CCC(CN)(N(C)Cc2cccc(Br)c2)CC1. The van der Waals surface area contributed by atoms with Crippen LogP contribution in [0.1, 0.15) is 45.1 Å². The van der Waals surface area contributed by atoms with Gasteiger partial charge in [0.2, 0.25) is 0 Å². The number of halogens is 1. The lowest BCUT2D eigenvalue weighted by Crippen LogP contribution is -2.54. The molecule has 1 fully saturated rings. The van der Waals surface area contributed by atoms with E-state index >= 15 is 0 Å². The van der Waals surface area contributed by atoms with Crippen molar-refractivity contribution in [1.29, 1.82) is 0 Å². The molecule has 1 aromatic rings. The van der Waals surface area contributed by atoms with Gasteiger partial charge in [0.15, 0.2) is 0 Å². The Labute approximate surface area is 138 Å². The van der Waals surface area contributed by atoms with Gasteiger partial charge in [-0.25, -0.2) is 0 Å². The lowest BCUT2D eigenvalue weighted by molar-refractivity contribution is 0.0497. The first-order chi connectivity index (χ1) is 9.97. The van der Waals surface area contributed by atoms with Gasteiger partial charge in [-0.2, -0.15) is 0 Å². The van der Waals surface area contributed by atoms with Gasteiger partial charge in [-0.15, -0.1) is 0 Å². The Morgan fingerprint density at radius 1 is 1.33 bits per heavy atom. The van der Waals surface area contributed by atoms with Gasteiger partial charge < -0.3 is 5.73 Å². The normalized spacial score (nSPS) is 26.5. The Bertz CT molecular complexity index is 450. The summed E-state index contributed by atoms with van der Waals surface area (Å²) in [5.41, 5.74) is 7.73. The van der Waals surface area contributed by atoms with Gasteiger partial charge in [0.25, 0.3) is 0 Å². The number of hydrogen-bond acceptors (Lipinski definition) is 2. The topological polar surface area (TPSA) is 29.3 Å². The number of likely N-dealkylation sites (N-methyl/N-ethyl adjacent to an activating group) is 1. The Morgan fingerprint density at radius 3 is 2.52 bits per heavy atom. The first kappa shape index (κ1) is 17.0. The van der Waals surface area contributed by atoms with E-state index in [9.17, 15) is 0 Å². The molecule has 2 rings (SSSR count). The fraction of sp³-hybridized carbons (Fsp3) is 0.667. The molecule has 1 aliphatic carbocycles. The standard InChI is InChI=1S/C18H29BrN2/c1-14(2)16-7-9-18(13-20,10-8-16)21(3)12-15-5-4-6-17(19)11-15/h4-6,11,14,16H,7-10,12-13,20H2,1-3H3. The molecular formula is C18H29BrN2. The van der Waals surface area contributed by atoms with Crippen LogP contribution >= 0.6 is 15.9 Å². The highest BCUT2D eigenvalue weighted by molar-refractivity contribution is 9.10. The van der Waals surface area contributed by atoms with Gasteiger partial charge in [-0.1, -0.05) is 41.9 Å². The summed E-state index contributed by atoms with van der Waals surface area (Å²) in [4.78, 5) is 2.49. The van der Waals surface area contributed by atoms with Crippen LogP contribution in [0, 0.1) is 11.8 Å². The highest BCUT2D eigenvalue weighted by Crippen LogP contribution is 2.38. The van der Waals surface area contributed by atoms with E-state index in [1.807, 2.05) is 0 Å². The van der Waals surface area contributed by atoms with E-state index < -0.39 is 0 Å². The number of rotatable bonds is 5. The van der Waals surface area contributed by atoms with Gasteiger partial charge in [0.05, 0.1) is 0 Å². The zero-order chi connectivity index (χ0) is 15.5. The van der Waals surface area contributed by atoms with Crippen molar-refractivity contribution in [2.24, 2.45) is 17.6 Å². The molecule has 0 radical (unpaired) electrons. The van der Waals surface area contributed by atoms with Gasteiger partial charge >= 0.3 is 0 Å². The van der Waals surface area contributed by atoms with Crippen LogP contribution in [0.15, 0.2) is 28.7 Å². The Morgan fingerprint density at radius 2 is 2.00 bits per heavy atom. The third-order valence-corrected chi connectivity index (χ3v) is 5.90. The van der Waals surface area contributed by atoms with Crippen molar-refractivity contribution >= 4 is 15.9 Å². The summed E-state index contributed by atoms with van der Waals surface area (Å²) in [6.45, 7) is 6.45. The zero-order valence-corrected chi connectivity index (χ0v) is 15.2. The summed E-state index contributed by atoms with van der Waals surface area (Å²) in [6, 6.07) is 8.60. The smallest absolute Gasteiger partial charge is 0.0332 e. The molecule has 3 heteroatoms. The van der Waals surface area contributed by atoms with Crippen molar-refractivity contribution in [2.75, 3.05) is 13.6 Å². The number of nitrogens with zero attached hydrogens (tertiary/aromatic N) is 1. The molecule has 0 aromatic heterocycles. The maximum atomic E-state index is 6.19. The lowest BCUT2D eigenvalue weighted by atomic mass is 9.72. The van der Waals surface area contributed by atoms with E-state index in [2.05, 4.69) is 66.0 Å². The molecule has 0 saturated heterocycles. The highest BCUT2D eigenvalue weighted by atomic mass is 79.9. The molecule has 21 heavy (non-hydrogen) atoms. The second-order valence-corrected chi connectivity index (χ2v) is 7.91. The van der Waals surface area contributed by atoms with E-state index in [1.54, 1.807) is 0 Å². The molecule has 2 nitrogen and oxygen atoms in total. The third-order valence-electron chi connectivity index (χ3n) is 5.40. The summed E-state index contributed by atoms with van der Waals surface area (Å²) in [5.74, 6) is 1.68. The minimum absolute atomic E-state index is 0.188. The number of nitrogens with two attached hydrogens (primary N) is 1. The molecule has 0 atom stereocenters. The van der Waals surface area contributed by atoms with Crippen LogP contribution in [-0.2, 0) is 6.54 Å². The van der Waals surface area contributed by atoms with Crippen LogP contribution in [0.4, 0.5) is 0 Å². The predicted molar refractivity (Wildman–Crippen MR) is 94.2 cm³/mol. The van der Waals surface area contributed by atoms with Crippen molar-refractivity contribution < 1.29 is 0 Å². The van der Waals surface area contributed by atoms with Crippen LogP contribution in [0.25, 0.3) is 0 Å². The van der Waals surface area contributed by atoms with Gasteiger partial charge in [0.1, 0.15) is 0 Å². The number of benzene rings is 1. The molecule has 0 unspecified atom stereocenters. The van der Waals surface area contributed by atoms with Gasteiger partial charge in [-0.05, 0) is 62.3 Å². The molecule has 1 saturated carbocycles. The van der Waals surface area contributed by atoms with Crippen LogP contribution in [-0.4, -0.2) is 24.0 Å². The van der Waals surface area contributed by atoms with E-state index in [0.29, 0.717) is 0 Å².